The number of hydrogen-bond donors (Lipinski definition) is 1. The van der Waals surface area contributed by atoms with E-state index in [0.29, 0.717) is 12.3 Å². The van der Waals surface area contributed by atoms with Crippen LogP contribution in [0.3, 0.4) is 0 Å². The van der Waals surface area contributed by atoms with Gasteiger partial charge in [-0.15, -0.1) is 0 Å². The summed E-state index contributed by atoms with van der Waals surface area (Å²) < 4.78 is 39.9. The van der Waals surface area contributed by atoms with E-state index in [1.807, 2.05) is 0 Å². The van der Waals surface area contributed by atoms with Crippen molar-refractivity contribution >= 4 is 5.97 Å². The number of ether oxygens (including phenoxy) is 1. The molecule has 0 amide bonds. The zero-order chi connectivity index (χ0) is 15.7. The van der Waals surface area contributed by atoms with Gasteiger partial charge in [0.2, 0.25) is 0 Å². The van der Waals surface area contributed by atoms with Crippen molar-refractivity contribution in [3.05, 3.63) is 35.9 Å². The Bertz CT molecular complexity index is 415. The lowest BCUT2D eigenvalue weighted by atomic mass is 9.96. The van der Waals surface area contributed by atoms with Crippen molar-refractivity contribution in [2.45, 2.75) is 25.4 Å². The van der Waals surface area contributed by atoms with E-state index in [4.69, 9.17) is 0 Å². The average molecular weight is 303 g/mol. The van der Waals surface area contributed by atoms with Crippen LogP contribution in [0, 0.1) is 5.92 Å². The maximum absolute atomic E-state index is 11.8. The molecule has 1 aliphatic heterocycles. The van der Waals surface area contributed by atoms with E-state index < -0.39 is 11.7 Å². The zero-order valence-corrected chi connectivity index (χ0v) is 12.0. The number of methoxy groups -OCH3 is 1. The highest BCUT2D eigenvalue weighted by molar-refractivity contribution is 5.69. The monoisotopic (exact) mass is 303 g/mol. The van der Waals surface area contributed by atoms with Crippen LogP contribution in [0.25, 0.3) is 0 Å². The third-order valence-electron chi connectivity index (χ3n) is 3.18. The van der Waals surface area contributed by atoms with Crippen molar-refractivity contribution in [1.29, 1.82) is 0 Å². The topological polar surface area (TPSA) is 38.3 Å². The first kappa shape index (κ1) is 17.5. The third kappa shape index (κ3) is 7.13. The minimum absolute atomic E-state index is 0.0845. The van der Waals surface area contributed by atoms with Gasteiger partial charge < -0.3 is 10.1 Å². The molecule has 0 spiro atoms. The van der Waals surface area contributed by atoms with Crippen LogP contribution in [0.2, 0.25) is 0 Å². The fourth-order valence-corrected chi connectivity index (χ4v) is 2.04. The molecule has 118 valence electrons. The summed E-state index contributed by atoms with van der Waals surface area (Å²) in [7, 11) is 1.44. The number of hydrogen-bond acceptors (Lipinski definition) is 3. The first-order valence-electron chi connectivity index (χ1n) is 6.83. The van der Waals surface area contributed by atoms with E-state index in [0.717, 1.165) is 31.6 Å². The number of alkyl halides is 3. The van der Waals surface area contributed by atoms with Crippen LogP contribution in [-0.2, 0) is 15.7 Å². The van der Waals surface area contributed by atoms with Crippen molar-refractivity contribution in [3.8, 4) is 0 Å². The van der Waals surface area contributed by atoms with Crippen molar-refractivity contribution in [2.75, 3.05) is 20.2 Å². The molecule has 1 N–H and O–H groups in total. The maximum Gasteiger partial charge on any atom is 0.416 e. The molecule has 0 bridgehead atoms. The summed E-state index contributed by atoms with van der Waals surface area (Å²) in [5.41, 5.74) is -0.602. The predicted molar refractivity (Wildman–Crippen MR) is 73.7 cm³/mol. The van der Waals surface area contributed by atoms with Gasteiger partial charge in [0.05, 0.1) is 12.7 Å². The van der Waals surface area contributed by atoms with Crippen molar-refractivity contribution in [1.82, 2.24) is 5.32 Å². The highest BCUT2D eigenvalue weighted by atomic mass is 19.4. The van der Waals surface area contributed by atoms with Gasteiger partial charge in [-0.3, -0.25) is 4.79 Å². The van der Waals surface area contributed by atoms with Crippen LogP contribution in [0.4, 0.5) is 13.2 Å². The number of esters is 1. The van der Waals surface area contributed by atoms with Crippen LogP contribution in [-0.4, -0.2) is 26.2 Å². The van der Waals surface area contributed by atoms with Gasteiger partial charge in [0.1, 0.15) is 0 Å². The van der Waals surface area contributed by atoms with Crippen LogP contribution in [0.15, 0.2) is 30.3 Å². The Balaban J connectivity index is 0.000000211. The molecule has 3 nitrogen and oxygen atoms in total. The number of benzene rings is 1. The first-order chi connectivity index (χ1) is 9.93. The molecular formula is C15H20F3NO2. The first-order valence-corrected chi connectivity index (χ1v) is 6.83. The van der Waals surface area contributed by atoms with Crippen molar-refractivity contribution < 1.29 is 22.7 Å². The normalized spacial score (nSPS) is 18.4. The van der Waals surface area contributed by atoms with Gasteiger partial charge >= 0.3 is 12.1 Å². The molecule has 1 aromatic carbocycles. The van der Waals surface area contributed by atoms with E-state index in [9.17, 15) is 18.0 Å². The highest BCUT2D eigenvalue weighted by Crippen LogP contribution is 2.28. The average Bonchev–Trinajstić information content (AvgIpc) is 2.49. The summed E-state index contributed by atoms with van der Waals surface area (Å²) in [6.07, 6.45) is -1.30. The molecule has 0 radical (unpaired) electrons. The Morgan fingerprint density at radius 1 is 1.33 bits per heavy atom. The third-order valence-corrected chi connectivity index (χ3v) is 3.18. The van der Waals surface area contributed by atoms with E-state index in [-0.39, 0.29) is 5.97 Å². The molecule has 21 heavy (non-hydrogen) atoms. The summed E-state index contributed by atoms with van der Waals surface area (Å²) in [6.45, 7) is 2.06. The molecule has 1 unspecified atom stereocenters. The fraction of sp³-hybridized carbons (Fsp3) is 0.533. The minimum Gasteiger partial charge on any atom is -0.469 e. The van der Waals surface area contributed by atoms with Gasteiger partial charge in [-0.25, -0.2) is 0 Å². The number of rotatable bonds is 2. The molecule has 1 aromatic rings. The summed E-state index contributed by atoms with van der Waals surface area (Å²) in [5.74, 6) is 0.412. The molecule has 1 fully saturated rings. The second-order valence-electron chi connectivity index (χ2n) is 4.86. The Kier molecular flexibility index (Phi) is 7.22. The number of piperidine rings is 1. The number of carbonyl (C=O) groups excluding carboxylic acids is 1. The van der Waals surface area contributed by atoms with Gasteiger partial charge in [-0.1, -0.05) is 30.3 Å². The van der Waals surface area contributed by atoms with Crippen molar-refractivity contribution in [2.24, 2.45) is 5.92 Å². The molecule has 6 heteroatoms. The smallest absolute Gasteiger partial charge is 0.416 e. The number of halogens is 3. The SMILES string of the molecule is COC(=O)CC1CCCNC1.FC(F)(F)c1ccccc1. The maximum atomic E-state index is 11.8. The molecular weight excluding hydrogens is 283 g/mol. The summed E-state index contributed by atoms with van der Waals surface area (Å²) >= 11 is 0. The summed E-state index contributed by atoms with van der Waals surface area (Å²) in [4.78, 5) is 10.8. The molecule has 0 aliphatic carbocycles. The molecule has 1 atom stereocenters. The fourth-order valence-electron chi connectivity index (χ4n) is 2.04. The van der Waals surface area contributed by atoms with Crippen LogP contribution >= 0.6 is 0 Å². The Hall–Kier alpha value is -1.56. The molecule has 0 aromatic heterocycles. The summed E-state index contributed by atoms with van der Waals surface area (Å²) in [5, 5.41) is 3.26. The zero-order valence-electron chi connectivity index (χ0n) is 12.0. The van der Waals surface area contributed by atoms with E-state index >= 15 is 0 Å². The lowest BCUT2D eigenvalue weighted by molar-refractivity contribution is -0.142. The quantitative estimate of drug-likeness (QED) is 0.852. The second kappa shape index (κ2) is 8.67. The van der Waals surface area contributed by atoms with E-state index in [1.54, 1.807) is 6.07 Å². The predicted octanol–water partition coefficient (Wildman–Crippen LogP) is 3.25. The largest absolute Gasteiger partial charge is 0.469 e. The summed E-state index contributed by atoms with van der Waals surface area (Å²) in [6, 6.07) is 6.36. The van der Waals surface area contributed by atoms with Crippen molar-refractivity contribution in [3.63, 3.8) is 0 Å². The molecule has 1 heterocycles. The Morgan fingerprint density at radius 2 is 2.00 bits per heavy atom. The molecule has 2 rings (SSSR count). The van der Waals surface area contributed by atoms with E-state index in [1.165, 1.54) is 25.7 Å². The molecule has 0 saturated carbocycles. The van der Waals surface area contributed by atoms with Gasteiger partial charge in [-0.2, -0.15) is 13.2 Å². The van der Waals surface area contributed by atoms with Crippen LogP contribution in [0.5, 0.6) is 0 Å². The van der Waals surface area contributed by atoms with Gasteiger partial charge in [0.25, 0.3) is 0 Å². The van der Waals surface area contributed by atoms with Gasteiger partial charge in [0, 0.05) is 6.42 Å². The van der Waals surface area contributed by atoms with Crippen LogP contribution in [0.1, 0.15) is 24.8 Å². The highest BCUT2D eigenvalue weighted by Gasteiger charge is 2.29. The lowest BCUT2D eigenvalue weighted by Crippen LogP contribution is -2.31. The Morgan fingerprint density at radius 3 is 2.43 bits per heavy atom. The lowest BCUT2D eigenvalue weighted by Gasteiger charge is -2.21. The Labute approximate surface area is 122 Å². The van der Waals surface area contributed by atoms with E-state index in [2.05, 4.69) is 10.1 Å². The number of nitrogens with one attached hydrogen (secondary N) is 1. The van der Waals surface area contributed by atoms with Gasteiger partial charge in [0.15, 0.2) is 0 Å². The molecule has 1 saturated heterocycles. The molecule has 1 aliphatic rings. The van der Waals surface area contributed by atoms with Gasteiger partial charge in [-0.05, 0) is 31.8 Å². The minimum atomic E-state index is -4.21. The second-order valence-corrected chi connectivity index (χ2v) is 4.86. The standard InChI is InChI=1S/C8H15NO2.C7H5F3/c1-11-8(10)5-7-3-2-4-9-6-7;8-7(9,10)6-4-2-1-3-5-6/h7,9H,2-6H2,1H3;1-5H. The van der Waals surface area contributed by atoms with Crippen LogP contribution < -0.4 is 5.32 Å². The number of carbonyl (C=O) groups is 1.